The van der Waals surface area contributed by atoms with Gasteiger partial charge in [0.05, 0.1) is 35.9 Å². The Kier molecular flexibility index (Phi) is 16.3. The lowest BCUT2D eigenvalue weighted by Crippen LogP contribution is -2.59. The van der Waals surface area contributed by atoms with Gasteiger partial charge in [0.25, 0.3) is 5.91 Å². The number of hydrazine groups is 1. The van der Waals surface area contributed by atoms with Crippen LogP contribution in [0, 0.1) is 23.2 Å². The van der Waals surface area contributed by atoms with Gasteiger partial charge in [-0.15, -0.1) is 0 Å². The first-order valence-corrected chi connectivity index (χ1v) is 27.0. The molecule has 5 heterocycles. The Bertz CT molecular complexity index is 2680. The molecule has 384 valence electrons. The average molecular weight is 997 g/mol. The van der Waals surface area contributed by atoms with E-state index >= 15 is 0 Å². The summed E-state index contributed by atoms with van der Waals surface area (Å²) in [7, 11) is 3.46. The van der Waals surface area contributed by atoms with Gasteiger partial charge in [-0.1, -0.05) is 88.4 Å². The number of ether oxygens (including phenoxy) is 1. The van der Waals surface area contributed by atoms with Gasteiger partial charge in [-0.2, -0.15) is 0 Å². The number of hydrogen-bond donors (Lipinski definition) is 3. The first-order chi connectivity index (χ1) is 34.9. The summed E-state index contributed by atoms with van der Waals surface area (Å²) >= 11 is 0. The van der Waals surface area contributed by atoms with Gasteiger partial charge < -0.3 is 24.6 Å². The van der Waals surface area contributed by atoms with Gasteiger partial charge in [-0.25, -0.2) is 5.43 Å². The Morgan fingerprint density at radius 3 is 2.39 bits per heavy atom. The molecule has 72 heavy (non-hydrogen) atoms. The molecule has 14 heteroatoms. The summed E-state index contributed by atoms with van der Waals surface area (Å²) in [5, 5.41) is 17.0. The Balaban J connectivity index is 0.00000316. The van der Waals surface area contributed by atoms with E-state index in [1.807, 2.05) is 6.20 Å². The molecule has 5 fully saturated rings. The monoisotopic (exact) mass is 997 g/mol. The number of aryl methyl sites for hydroxylation is 1. The quantitative estimate of drug-likeness (QED) is 0.0732. The van der Waals surface area contributed by atoms with Gasteiger partial charge in [-0.3, -0.25) is 33.9 Å². The number of piperazine rings is 1. The van der Waals surface area contributed by atoms with Crippen molar-refractivity contribution in [1.29, 1.82) is 0 Å². The SMILES string of the molecule is CCn1c(-c2cc(N3CCN(C4CC4)CC3)cnc2COC)c(CC(C)(C)CO)c2cc(-c3cccc(CC(NC(=O)C(C(C)C)N4CC5CC5C4c4ccccc4)C(=O)N4CCCCN4)c3)ccc21.O=P. The number of nitrogens with zero attached hydrogens (tertiary/aromatic N) is 6. The minimum Gasteiger partial charge on any atom is -0.396 e. The molecule has 0 bridgehead atoms. The van der Waals surface area contributed by atoms with Crippen molar-refractivity contribution in [2.75, 3.05) is 64.4 Å². The van der Waals surface area contributed by atoms with Crippen molar-refractivity contribution in [3.63, 3.8) is 0 Å². The largest absolute Gasteiger partial charge is 0.396 e. The minimum atomic E-state index is -0.745. The van der Waals surface area contributed by atoms with Crippen LogP contribution in [0.3, 0.4) is 0 Å². The molecule has 5 atom stereocenters. The molecule has 2 aromatic heterocycles. The van der Waals surface area contributed by atoms with Crippen LogP contribution < -0.4 is 15.6 Å². The highest BCUT2D eigenvalue weighted by Gasteiger charge is 2.56. The van der Waals surface area contributed by atoms with Crippen molar-refractivity contribution in [1.82, 2.24) is 35.1 Å². The number of aliphatic hydroxyl groups excluding tert-OH is 1. The van der Waals surface area contributed by atoms with E-state index in [0.29, 0.717) is 37.8 Å². The number of benzene rings is 3. The number of anilines is 1. The second-order valence-electron chi connectivity index (χ2n) is 22.1. The summed E-state index contributed by atoms with van der Waals surface area (Å²) in [5.41, 5.74) is 13.9. The lowest BCUT2D eigenvalue weighted by atomic mass is 9.84. The molecule has 10 rings (SSSR count). The maximum Gasteiger partial charge on any atom is 0.259 e. The zero-order valence-electron chi connectivity index (χ0n) is 43.4. The number of aliphatic hydroxyl groups is 1. The van der Waals surface area contributed by atoms with Crippen molar-refractivity contribution < 1.29 is 24.0 Å². The van der Waals surface area contributed by atoms with Gasteiger partial charge in [-0.05, 0) is 115 Å². The van der Waals surface area contributed by atoms with Crippen LogP contribution in [0.4, 0.5) is 5.69 Å². The number of likely N-dealkylation sites (tertiary alicyclic amines) is 1. The minimum absolute atomic E-state index is 0.0510. The molecule has 3 saturated heterocycles. The molecule has 2 aliphatic carbocycles. The van der Waals surface area contributed by atoms with Crippen LogP contribution in [0.1, 0.15) is 95.1 Å². The zero-order chi connectivity index (χ0) is 50.7. The maximum atomic E-state index is 14.8. The summed E-state index contributed by atoms with van der Waals surface area (Å²) in [6.45, 7) is 18.3. The van der Waals surface area contributed by atoms with Crippen molar-refractivity contribution in [3.8, 4) is 22.4 Å². The number of hydrogen-bond acceptors (Lipinski definition) is 10. The highest BCUT2D eigenvalue weighted by molar-refractivity contribution is 7.00. The lowest BCUT2D eigenvalue weighted by molar-refractivity contribution is -0.142. The molecule has 3 aromatic carbocycles. The molecule has 2 amide bonds. The Morgan fingerprint density at radius 1 is 0.944 bits per heavy atom. The molecule has 5 unspecified atom stereocenters. The maximum absolute atomic E-state index is 14.8. The number of carbonyl (C=O) groups excluding carboxylic acids is 2. The van der Waals surface area contributed by atoms with E-state index in [0.717, 1.165) is 115 Å². The average Bonchev–Trinajstić information content (AvgIpc) is 4.34. The second-order valence-corrected chi connectivity index (χ2v) is 22.1. The number of nitrogens with one attached hydrogen (secondary N) is 2. The Labute approximate surface area is 429 Å². The van der Waals surface area contributed by atoms with Crippen molar-refractivity contribution in [3.05, 3.63) is 107 Å². The molecule has 3 N–H and O–H groups in total. The van der Waals surface area contributed by atoms with Gasteiger partial charge >= 0.3 is 0 Å². The lowest BCUT2D eigenvalue weighted by Gasteiger charge is -2.38. The van der Waals surface area contributed by atoms with Crippen LogP contribution in [0.2, 0.25) is 0 Å². The summed E-state index contributed by atoms with van der Waals surface area (Å²) in [6.07, 6.45) is 8.85. The molecule has 0 spiro atoms. The van der Waals surface area contributed by atoms with Gasteiger partial charge in [0.2, 0.25) is 5.91 Å². The molecular weight excluding hydrogens is 920 g/mol. The molecule has 3 aliphatic heterocycles. The van der Waals surface area contributed by atoms with E-state index in [2.05, 4.69) is 143 Å². The fraction of sp³-hybridized carbons (Fsp3) is 0.534. The van der Waals surface area contributed by atoms with Crippen LogP contribution in [0.5, 0.6) is 0 Å². The van der Waals surface area contributed by atoms with Crippen molar-refractivity contribution >= 4 is 37.5 Å². The summed E-state index contributed by atoms with van der Waals surface area (Å²) < 4.78 is 16.3. The van der Waals surface area contributed by atoms with E-state index in [9.17, 15) is 14.7 Å². The first-order valence-electron chi connectivity index (χ1n) is 26.6. The smallest absolute Gasteiger partial charge is 0.259 e. The number of aromatic nitrogens is 2. The predicted molar refractivity (Wildman–Crippen MR) is 288 cm³/mol. The molecular formula is C58H77N8O5P. The molecule has 13 nitrogen and oxygen atoms in total. The van der Waals surface area contributed by atoms with E-state index in [1.165, 1.54) is 30.4 Å². The van der Waals surface area contributed by atoms with Crippen LogP contribution in [0.15, 0.2) is 85.1 Å². The van der Waals surface area contributed by atoms with E-state index in [1.54, 1.807) is 21.2 Å². The zero-order valence-corrected chi connectivity index (χ0v) is 44.4. The fourth-order valence-electron chi connectivity index (χ4n) is 12.2. The van der Waals surface area contributed by atoms with Crippen LogP contribution in [-0.2, 0) is 44.9 Å². The predicted octanol–water partition coefficient (Wildman–Crippen LogP) is 8.73. The van der Waals surface area contributed by atoms with Crippen molar-refractivity contribution in [2.24, 2.45) is 23.2 Å². The highest BCUT2D eigenvalue weighted by Crippen LogP contribution is 2.57. The van der Waals surface area contributed by atoms with E-state index in [-0.39, 0.29) is 41.8 Å². The number of fused-ring (bicyclic) bond motifs is 2. The summed E-state index contributed by atoms with van der Waals surface area (Å²) in [4.78, 5) is 42.0. The van der Waals surface area contributed by atoms with Crippen LogP contribution >= 0.6 is 9.12 Å². The van der Waals surface area contributed by atoms with Crippen molar-refractivity contribution in [2.45, 2.75) is 117 Å². The number of carbonyl (C=O) groups is 2. The molecule has 2 saturated carbocycles. The third-order valence-electron chi connectivity index (χ3n) is 16.1. The number of methoxy groups -OCH3 is 1. The third-order valence-corrected chi connectivity index (χ3v) is 16.1. The van der Waals surface area contributed by atoms with E-state index < -0.39 is 6.04 Å². The number of rotatable bonds is 18. The van der Waals surface area contributed by atoms with Crippen LogP contribution in [-0.4, -0.2) is 119 Å². The standard InChI is InChI=1S/C58H76N8O4.HOP/c1-7-64-52-21-18-42(30-47(52)49(33-58(4,5)37-67)55(64)48-32-45(34-59-51(48)36-70-6)63-26-24-62(25-27-63)44-19-20-44)41-17-13-14-39(28-41)29-50(57(69)66-23-12-11-22-60-66)61-56(68)53(38(2)3)65-35-43-31-46(43)54(65)40-15-9-8-10-16-40;1-2/h8-10,13-18,21,28,30,32,34,38,43-44,46,50,53-54,60,67H,7,11-12,19-20,22-27,29,31,33,35-37H2,1-6H3,(H,61,68);2H. The second kappa shape index (κ2) is 22.6. The summed E-state index contributed by atoms with van der Waals surface area (Å²) in [6, 6.07) is 28.1. The van der Waals surface area contributed by atoms with Gasteiger partial charge in [0.15, 0.2) is 0 Å². The number of amides is 2. The number of pyridine rings is 1. The van der Waals surface area contributed by atoms with Gasteiger partial charge in [0, 0.05) is 101 Å². The Morgan fingerprint density at radius 2 is 1.71 bits per heavy atom. The van der Waals surface area contributed by atoms with Gasteiger partial charge in [0.1, 0.15) is 15.2 Å². The van der Waals surface area contributed by atoms with Crippen LogP contribution in [0.25, 0.3) is 33.3 Å². The molecule has 5 aromatic rings. The molecule has 0 radical (unpaired) electrons. The topological polar surface area (TPSA) is 136 Å². The first kappa shape index (κ1) is 51.9. The highest BCUT2D eigenvalue weighted by atomic mass is 31.0. The number of piperidine rings is 1. The fourth-order valence-corrected chi connectivity index (χ4v) is 12.2. The molecule has 5 aliphatic rings. The summed E-state index contributed by atoms with van der Waals surface area (Å²) in [5.74, 6) is 1.06. The Hall–Kier alpha value is -5.01. The third kappa shape index (κ3) is 11.1. The van der Waals surface area contributed by atoms with E-state index in [4.69, 9.17) is 14.3 Å². The normalized spacial score (nSPS) is 21.3.